The first-order valence-corrected chi connectivity index (χ1v) is 6.75. The van der Waals surface area contributed by atoms with E-state index in [0.717, 1.165) is 38.8 Å². The Morgan fingerprint density at radius 3 is 2.53 bits per heavy atom. The summed E-state index contributed by atoms with van der Waals surface area (Å²) in [5, 5.41) is 2.63. The second kappa shape index (κ2) is 6.52. The molecule has 0 aromatic heterocycles. The number of nitrogens with one attached hydrogen (secondary N) is 1. The summed E-state index contributed by atoms with van der Waals surface area (Å²) < 4.78 is 13.8. The molecule has 0 radical (unpaired) electrons. The van der Waals surface area contributed by atoms with E-state index in [1.54, 1.807) is 17.0 Å². The molecule has 1 aliphatic heterocycles. The van der Waals surface area contributed by atoms with E-state index in [9.17, 15) is 9.18 Å². The minimum atomic E-state index is -0.439. The van der Waals surface area contributed by atoms with Gasteiger partial charge in [-0.05, 0) is 30.5 Å². The maximum Gasteiger partial charge on any atom is 0.321 e. The van der Waals surface area contributed by atoms with Crippen LogP contribution in [0.2, 0.25) is 0 Å². The van der Waals surface area contributed by atoms with Gasteiger partial charge in [0.1, 0.15) is 5.82 Å². The molecule has 0 atom stereocenters. The summed E-state index contributed by atoms with van der Waals surface area (Å²) in [7, 11) is 0. The van der Waals surface area contributed by atoms with Gasteiger partial charge >= 0.3 is 6.03 Å². The van der Waals surface area contributed by atoms with Crippen LogP contribution in [0, 0.1) is 5.82 Å². The predicted molar refractivity (Wildman–Crippen MR) is 73.4 cm³/mol. The number of hydrogen-bond donors (Lipinski definition) is 2. The zero-order valence-corrected chi connectivity index (χ0v) is 11.0. The van der Waals surface area contributed by atoms with E-state index in [1.807, 2.05) is 0 Å². The number of halogens is 1. The summed E-state index contributed by atoms with van der Waals surface area (Å²) in [6, 6.07) is 4.42. The summed E-state index contributed by atoms with van der Waals surface area (Å²) in [4.78, 5) is 13.8. The van der Waals surface area contributed by atoms with Crippen molar-refractivity contribution in [3.63, 3.8) is 0 Å². The Kier molecular flexibility index (Phi) is 4.74. The lowest BCUT2D eigenvalue weighted by atomic mass is 10.2. The second-order valence-electron chi connectivity index (χ2n) is 4.85. The Morgan fingerprint density at radius 1 is 1.26 bits per heavy atom. The number of urea groups is 1. The van der Waals surface area contributed by atoms with Gasteiger partial charge in [-0.25, -0.2) is 9.18 Å². The lowest BCUT2D eigenvalue weighted by Crippen LogP contribution is -2.35. The number of hydrogen-bond acceptors (Lipinski definition) is 2. The molecule has 19 heavy (non-hydrogen) atoms. The van der Waals surface area contributed by atoms with Crippen molar-refractivity contribution in [3.05, 3.63) is 29.6 Å². The third-order valence-electron chi connectivity index (χ3n) is 3.40. The minimum Gasteiger partial charge on any atom is -0.326 e. The van der Waals surface area contributed by atoms with Crippen molar-refractivity contribution in [2.75, 3.05) is 18.4 Å². The van der Waals surface area contributed by atoms with Crippen LogP contribution < -0.4 is 11.1 Å². The van der Waals surface area contributed by atoms with Gasteiger partial charge in [0, 0.05) is 19.6 Å². The molecule has 0 unspecified atom stereocenters. The number of amides is 2. The average Bonchev–Trinajstić information content (AvgIpc) is 2.70. The molecule has 4 nitrogen and oxygen atoms in total. The quantitative estimate of drug-likeness (QED) is 0.863. The first kappa shape index (κ1) is 13.8. The third-order valence-corrected chi connectivity index (χ3v) is 3.40. The lowest BCUT2D eigenvalue weighted by molar-refractivity contribution is 0.213. The molecule has 1 aromatic carbocycles. The number of anilines is 1. The Hall–Kier alpha value is -1.62. The van der Waals surface area contributed by atoms with Crippen LogP contribution in [0.25, 0.3) is 0 Å². The SMILES string of the molecule is NCc1ccc(NC(=O)N2CCCCCC2)c(F)c1. The van der Waals surface area contributed by atoms with Crippen molar-refractivity contribution in [2.24, 2.45) is 5.73 Å². The van der Waals surface area contributed by atoms with Crippen LogP contribution in [0.15, 0.2) is 18.2 Å². The molecule has 0 spiro atoms. The van der Waals surface area contributed by atoms with Crippen LogP contribution in [-0.4, -0.2) is 24.0 Å². The van der Waals surface area contributed by atoms with Gasteiger partial charge in [-0.1, -0.05) is 18.9 Å². The van der Waals surface area contributed by atoms with Gasteiger partial charge in [-0.3, -0.25) is 0 Å². The van der Waals surface area contributed by atoms with Gasteiger partial charge in [0.15, 0.2) is 0 Å². The Balaban J connectivity index is 2.01. The summed E-state index contributed by atoms with van der Waals surface area (Å²) >= 11 is 0. The van der Waals surface area contributed by atoms with Gasteiger partial charge in [0.25, 0.3) is 0 Å². The Morgan fingerprint density at radius 2 is 1.95 bits per heavy atom. The number of carbonyl (C=O) groups is 1. The molecule has 104 valence electrons. The number of carbonyl (C=O) groups excluding carboxylic acids is 1. The monoisotopic (exact) mass is 265 g/mol. The Labute approximate surface area is 112 Å². The fourth-order valence-electron chi connectivity index (χ4n) is 2.25. The number of nitrogens with two attached hydrogens (primary N) is 1. The van der Waals surface area contributed by atoms with Crippen molar-refractivity contribution < 1.29 is 9.18 Å². The van der Waals surface area contributed by atoms with Crippen LogP contribution in [0.4, 0.5) is 14.9 Å². The molecule has 3 N–H and O–H groups in total. The second-order valence-corrected chi connectivity index (χ2v) is 4.85. The summed E-state index contributed by atoms with van der Waals surface area (Å²) in [6.45, 7) is 1.78. The predicted octanol–water partition coefficient (Wildman–Crippen LogP) is 2.69. The van der Waals surface area contributed by atoms with Gasteiger partial charge < -0.3 is 16.0 Å². The first-order valence-electron chi connectivity index (χ1n) is 6.75. The number of likely N-dealkylation sites (tertiary alicyclic amines) is 1. The Bertz CT molecular complexity index is 442. The molecule has 1 fully saturated rings. The fraction of sp³-hybridized carbons (Fsp3) is 0.500. The summed E-state index contributed by atoms with van der Waals surface area (Å²) in [5.41, 5.74) is 6.37. The van der Waals surface area contributed by atoms with Crippen molar-refractivity contribution >= 4 is 11.7 Å². The van der Waals surface area contributed by atoms with Crippen LogP contribution in [0.5, 0.6) is 0 Å². The van der Waals surface area contributed by atoms with Crippen molar-refractivity contribution in [1.29, 1.82) is 0 Å². The molecule has 2 amide bonds. The fourth-order valence-corrected chi connectivity index (χ4v) is 2.25. The molecule has 2 rings (SSSR count). The third kappa shape index (κ3) is 3.67. The largest absolute Gasteiger partial charge is 0.326 e. The average molecular weight is 265 g/mol. The maximum absolute atomic E-state index is 13.8. The zero-order chi connectivity index (χ0) is 13.7. The summed E-state index contributed by atoms with van der Waals surface area (Å²) in [6.07, 6.45) is 4.34. The van der Waals surface area contributed by atoms with Crippen molar-refractivity contribution in [2.45, 2.75) is 32.2 Å². The lowest BCUT2D eigenvalue weighted by Gasteiger charge is -2.21. The molecule has 0 bridgehead atoms. The molecule has 5 heteroatoms. The van der Waals surface area contributed by atoms with Crippen LogP contribution >= 0.6 is 0 Å². The standard InChI is InChI=1S/C14H20FN3O/c15-12-9-11(10-16)5-6-13(12)17-14(19)18-7-3-1-2-4-8-18/h5-6,9H,1-4,7-8,10,16H2,(H,17,19). The number of rotatable bonds is 2. The van der Waals surface area contributed by atoms with Crippen molar-refractivity contribution in [1.82, 2.24) is 4.90 Å². The van der Waals surface area contributed by atoms with E-state index in [4.69, 9.17) is 5.73 Å². The highest BCUT2D eigenvalue weighted by molar-refractivity contribution is 5.89. The first-order chi connectivity index (χ1) is 9.20. The molecule has 1 aliphatic rings. The smallest absolute Gasteiger partial charge is 0.321 e. The summed E-state index contributed by atoms with van der Waals surface area (Å²) in [5.74, 6) is -0.439. The van der Waals surface area contributed by atoms with Gasteiger partial charge in [-0.15, -0.1) is 0 Å². The highest BCUT2D eigenvalue weighted by atomic mass is 19.1. The van der Waals surface area contributed by atoms with Crippen LogP contribution in [0.1, 0.15) is 31.2 Å². The maximum atomic E-state index is 13.8. The highest BCUT2D eigenvalue weighted by Crippen LogP contribution is 2.17. The number of nitrogens with zero attached hydrogens (tertiary/aromatic N) is 1. The van der Waals surface area contributed by atoms with Crippen LogP contribution in [0.3, 0.4) is 0 Å². The van der Waals surface area contributed by atoms with E-state index in [-0.39, 0.29) is 18.3 Å². The van der Waals surface area contributed by atoms with E-state index in [2.05, 4.69) is 5.32 Å². The minimum absolute atomic E-state index is 0.214. The van der Waals surface area contributed by atoms with Gasteiger partial charge in [0.2, 0.25) is 0 Å². The molecule has 1 aromatic rings. The zero-order valence-electron chi connectivity index (χ0n) is 11.0. The molecule has 0 aliphatic carbocycles. The van der Waals surface area contributed by atoms with Crippen molar-refractivity contribution in [3.8, 4) is 0 Å². The van der Waals surface area contributed by atoms with Gasteiger partial charge in [0.05, 0.1) is 5.69 Å². The number of benzene rings is 1. The highest BCUT2D eigenvalue weighted by Gasteiger charge is 2.16. The molecule has 1 heterocycles. The van der Waals surface area contributed by atoms with E-state index in [0.29, 0.717) is 5.56 Å². The molecular formula is C14H20FN3O. The molecule has 0 saturated carbocycles. The van der Waals surface area contributed by atoms with Crippen LogP contribution in [-0.2, 0) is 6.54 Å². The molecular weight excluding hydrogens is 245 g/mol. The topological polar surface area (TPSA) is 58.4 Å². The normalized spacial score (nSPS) is 16.0. The van der Waals surface area contributed by atoms with E-state index in [1.165, 1.54) is 6.07 Å². The van der Waals surface area contributed by atoms with E-state index < -0.39 is 5.82 Å². The molecule has 1 saturated heterocycles. The van der Waals surface area contributed by atoms with E-state index >= 15 is 0 Å². The van der Waals surface area contributed by atoms with Gasteiger partial charge in [-0.2, -0.15) is 0 Å².